The number of nitrogens with zero attached hydrogens (tertiary/aromatic N) is 5. The van der Waals surface area contributed by atoms with Crippen LogP contribution in [0.4, 0.5) is 17.6 Å². The lowest BCUT2D eigenvalue weighted by Gasteiger charge is -2.38. The number of rotatable bonds is 3. The number of carbonyl (C=O) groups excluding carboxylic acids is 1. The zero-order chi connectivity index (χ0) is 20.1. The number of fused-ring (bicyclic) bond motifs is 1. The number of hydrogen-bond acceptors (Lipinski definition) is 4. The lowest BCUT2D eigenvalue weighted by molar-refractivity contribution is -0.141. The molecule has 3 aromatic heterocycles. The van der Waals surface area contributed by atoms with Gasteiger partial charge in [0.05, 0.1) is 6.04 Å². The van der Waals surface area contributed by atoms with Crippen molar-refractivity contribution in [2.24, 2.45) is 0 Å². The van der Waals surface area contributed by atoms with Crippen molar-refractivity contribution in [3.05, 3.63) is 54.8 Å². The van der Waals surface area contributed by atoms with Crippen LogP contribution in [0.15, 0.2) is 49.1 Å². The summed E-state index contributed by atoms with van der Waals surface area (Å²) in [5, 5.41) is 5.13. The molecule has 0 aromatic carbocycles. The number of alkyl halides is 3. The molecule has 0 spiro atoms. The summed E-state index contributed by atoms with van der Waals surface area (Å²) >= 11 is 0. The van der Waals surface area contributed by atoms with Crippen molar-refractivity contribution in [1.29, 1.82) is 0 Å². The summed E-state index contributed by atoms with van der Waals surface area (Å²) in [4.78, 5) is 20.7. The standard InChI is InChI=1S/C18H13F4N5O/c1-10(19)17(28)26-8-12(9-26)27-16-13(3-2-6-23-16)15(25-27)11-4-5-14(24-7-11)18(20,21)22/h2-7,12H,1,8-9H2. The molecular formula is C18H13F4N5O. The Morgan fingerprint density at radius 1 is 1.18 bits per heavy atom. The molecule has 0 N–H and O–H groups in total. The van der Waals surface area contributed by atoms with Gasteiger partial charge in [0.25, 0.3) is 5.91 Å². The molecule has 1 amide bonds. The Labute approximate surface area is 156 Å². The van der Waals surface area contributed by atoms with Gasteiger partial charge in [0.1, 0.15) is 11.4 Å². The van der Waals surface area contributed by atoms with Gasteiger partial charge in [-0.1, -0.05) is 6.58 Å². The van der Waals surface area contributed by atoms with Gasteiger partial charge in [-0.15, -0.1) is 0 Å². The zero-order valence-electron chi connectivity index (χ0n) is 14.3. The maximum atomic E-state index is 13.0. The van der Waals surface area contributed by atoms with Crippen LogP contribution in [0.25, 0.3) is 22.3 Å². The van der Waals surface area contributed by atoms with Gasteiger partial charge in [0.15, 0.2) is 11.5 Å². The van der Waals surface area contributed by atoms with E-state index in [0.29, 0.717) is 22.3 Å². The minimum absolute atomic E-state index is 0.225. The van der Waals surface area contributed by atoms with Gasteiger partial charge in [-0.25, -0.2) is 14.1 Å². The third-order valence-electron chi connectivity index (χ3n) is 4.52. The Bertz CT molecular complexity index is 1070. The van der Waals surface area contributed by atoms with E-state index in [1.165, 1.54) is 11.0 Å². The zero-order valence-corrected chi connectivity index (χ0v) is 14.3. The maximum absolute atomic E-state index is 13.0. The van der Waals surface area contributed by atoms with E-state index in [1.807, 2.05) is 0 Å². The fraction of sp³-hybridized carbons (Fsp3) is 0.222. The molecule has 0 aliphatic carbocycles. The van der Waals surface area contributed by atoms with Crippen LogP contribution in [-0.2, 0) is 11.0 Å². The van der Waals surface area contributed by atoms with Gasteiger partial charge < -0.3 is 4.90 Å². The molecular weight excluding hydrogens is 378 g/mol. The Hall–Kier alpha value is -3.30. The first-order valence-electron chi connectivity index (χ1n) is 8.26. The molecule has 0 atom stereocenters. The second-order valence-electron chi connectivity index (χ2n) is 6.37. The van der Waals surface area contributed by atoms with E-state index < -0.39 is 23.6 Å². The van der Waals surface area contributed by atoms with Gasteiger partial charge in [-0.3, -0.25) is 9.78 Å². The predicted molar refractivity (Wildman–Crippen MR) is 91.6 cm³/mol. The van der Waals surface area contributed by atoms with Crippen LogP contribution in [0, 0.1) is 0 Å². The molecule has 1 fully saturated rings. The summed E-state index contributed by atoms with van der Waals surface area (Å²) in [5.74, 6) is -1.80. The SMILES string of the molecule is C=C(F)C(=O)N1CC(n2nc(-c3ccc(C(F)(F)F)nc3)c3cccnc32)C1. The first kappa shape index (κ1) is 18.1. The van der Waals surface area contributed by atoms with Gasteiger partial charge in [-0.05, 0) is 24.3 Å². The molecule has 3 aromatic rings. The van der Waals surface area contributed by atoms with Crippen molar-refractivity contribution in [3.63, 3.8) is 0 Å². The molecule has 0 unspecified atom stereocenters. The number of pyridine rings is 2. The van der Waals surface area contributed by atoms with Crippen molar-refractivity contribution in [2.45, 2.75) is 12.2 Å². The number of amides is 1. The van der Waals surface area contributed by atoms with E-state index in [9.17, 15) is 22.4 Å². The first-order valence-corrected chi connectivity index (χ1v) is 8.26. The van der Waals surface area contributed by atoms with E-state index in [4.69, 9.17) is 0 Å². The van der Waals surface area contributed by atoms with Gasteiger partial charge in [0, 0.05) is 36.4 Å². The first-order chi connectivity index (χ1) is 13.3. The average molecular weight is 391 g/mol. The third-order valence-corrected chi connectivity index (χ3v) is 4.52. The molecule has 28 heavy (non-hydrogen) atoms. The Balaban J connectivity index is 1.68. The quantitative estimate of drug-likeness (QED) is 0.507. The molecule has 0 radical (unpaired) electrons. The lowest BCUT2D eigenvalue weighted by Crippen LogP contribution is -2.51. The van der Waals surface area contributed by atoms with Gasteiger partial charge in [-0.2, -0.15) is 18.3 Å². The minimum atomic E-state index is -4.52. The third kappa shape index (κ3) is 3.00. The topological polar surface area (TPSA) is 63.9 Å². The molecule has 6 nitrogen and oxygen atoms in total. The van der Waals surface area contributed by atoms with Crippen molar-refractivity contribution in [2.75, 3.05) is 13.1 Å². The summed E-state index contributed by atoms with van der Waals surface area (Å²) < 4.78 is 52.8. The Morgan fingerprint density at radius 3 is 2.54 bits per heavy atom. The molecule has 0 bridgehead atoms. The summed E-state index contributed by atoms with van der Waals surface area (Å²) in [6.45, 7) is 3.47. The molecule has 1 aliphatic heterocycles. The van der Waals surface area contributed by atoms with E-state index >= 15 is 0 Å². The summed E-state index contributed by atoms with van der Waals surface area (Å²) in [6, 6.07) is 5.42. The van der Waals surface area contributed by atoms with Crippen LogP contribution < -0.4 is 0 Å². The number of carbonyl (C=O) groups is 1. The smallest absolute Gasteiger partial charge is 0.332 e. The molecule has 4 heterocycles. The molecule has 1 aliphatic rings. The fourth-order valence-electron chi connectivity index (χ4n) is 3.09. The molecule has 4 rings (SSSR count). The van der Waals surface area contributed by atoms with Crippen LogP contribution in [0.3, 0.4) is 0 Å². The van der Waals surface area contributed by atoms with Crippen molar-refractivity contribution in [3.8, 4) is 11.3 Å². The number of aromatic nitrogens is 4. The van der Waals surface area contributed by atoms with Crippen LogP contribution >= 0.6 is 0 Å². The number of likely N-dealkylation sites (tertiary alicyclic amines) is 1. The monoisotopic (exact) mass is 391 g/mol. The lowest BCUT2D eigenvalue weighted by atomic mass is 10.1. The Kier molecular flexibility index (Phi) is 4.13. The fourth-order valence-corrected chi connectivity index (χ4v) is 3.09. The van der Waals surface area contributed by atoms with Crippen molar-refractivity contribution >= 4 is 16.9 Å². The van der Waals surface area contributed by atoms with Crippen LogP contribution in [-0.4, -0.2) is 43.6 Å². The highest BCUT2D eigenvalue weighted by molar-refractivity contribution is 5.92. The normalized spacial score (nSPS) is 14.9. The van der Waals surface area contributed by atoms with Gasteiger partial charge in [0.2, 0.25) is 0 Å². The predicted octanol–water partition coefficient (Wildman–Crippen LogP) is 3.38. The molecule has 0 saturated carbocycles. The Morgan fingerprint density at radius 2 is 1.93 bits per heavy atom. The van der Waals surface area contributed by atoms with Crippen LogP contribution in [0.2, 0.25) is 0 Å². The maximum Gasteiger partial charge on any atom is 0.433 e. The van der Waals surface area contributed by atoms with Crippen molar-refractivity contribution < 1.29 is 22.4 Å². The van der Waals surface area contributed by atoms with E-state index in [-0.39, 0.29) is 19.1 Å². The highest BCUT2D eigenvalue weighted by atomic mass is 19.4. The van der Waals surface area contributed by atoms with E-state index in [2.05, 4.69) is 21.6 Å². The second kappa shape index (κ2) is 6.39. The molecule has 10 heteroatoms. The van der Waals surface area contributed by atoms with Crippen molar-refractivity contribution in [1.82, 2.24) is 24.6 Å². The van der Waals surface area contributed by atoms with Gasteiger partial charge >= 0.3 is 6.18 Å². The van der Waals surface area contributed by atoms with E-state index in [1.54, 1.807) is 23.0 Å². The summed E-state index contributed by atoms with van der Waals surface area (Å²) in [6.07, 6.45) is -1.84. The van der Waals surface area contributed by atoms with Crippen LogP contribution in [0.5, 0.6) is 0 Å². The minimum Gasteiger partial charge on any atom is -0.332 e. The van der Waals surface area contributed by atoms with Crippen LogP contribution in [0.1, 0.15) is 11.7 Å². The molecule has 144 valence electrons. The largest absolute Gasteiger partial charge is 0.433 e. The summed E-state index contributed by atoms with van der Waals surface area (Å²) in [5.41, 5.74) is 0.379. The van der Waals surface area contributed by atoms with E-state index in [0.717, 1.165) is 12.3 Å². The highest BCUT2D eigenvalue weighted by Gasteiger charge is 2.36. The molecule has 1 saturated heterocycles. The highest BCUT2D eigenvalue weighted by Crippen LogP contribution is 2.33. The number of halogens is 4. The second-order valence-corrected chi connectivity index (χ2v) is 6.37. The average Bonchev–Trinajstić information content (AvgIpc) is 2.99. The number of hydrogen-bond donors (Lipinski definition) is 0. The summed E-state index contributed by atoms with van der Waals surface area (Å²) in [7, 11) is 0.